The number of carboxylic acid groups (broad SMARTS) is 1. The molecule has 0 fully saturated rings. The molecule has 0 bridgehead atoms. The van der Waals surface area contributed by atoms with Crippen molar-refractivity contribution < 1.29 is 9.90 Å². The summed E-state index contributed by atoms with van der Waals surface area (Å²) in [5, 5.41) is 9.32. The van der Waals surface area contributed by atoms with E-state index in [0.717, 1.165) is 15.6 Å². The number of pyridine rings is 1. The van der Waals surface area contributed by atoms with Crippen molar-refractivity contribution in [3.63, 3.8) is 0 Å². The zero-order valence-corrected chi connectivity index (χ0v) is 11.9. The Kier molecular flexibility index (Phi) is 4.68. The highest BCUT2D eigenvalue weighted by Gasteiger charge is 2.18. The molecule has 1 aromatic heterocycles. The first-order valence-electron chi connectivity index (χ1n) is 6.01. The van der Waals surface area contributed by atoms with Crippen molar-refractivity contribution in [3.8, 4) is 0 Å². The standard InChI is InChI=1S/C15H14BrNO2/c16-14-5-3-11(4-6-14)8-13(15(18)19)9-12-2-1-7-17-10-12/h1-7,10,13H,8-9H2,(H,18,19). The fourth-order valence-corrected chi connectivity index (χ4v) is 2.22. The maximum Gasteiger partial charge on any atom is 0.307 e. The van der Waals surface area contributed by atoms with Crippen molar-refractivity contribution in [2.24, 2.45) is 5.92 Å². The topological polar surface area (TPSA) is 50.2 Å². The van der Waals surface area contributed by atoms with Gasteiger partial charge < -0.3 is 5.11 Å². The Hall–Kier alpha value is -1.68. The van der Waals surface area contributed by atoms with Gasteiger partial charge >= 0.3 is 5.97 Å². The lowest BCUT2D eigenvalue weighted by Gasteiger charge is -2.12. The van der Waals surface area contributed by atoms with Gasteiger partial charge in [0.05, 0.1) is 5.92 Å². The van der Waals surface area contributed by atoms with Gasteiger partial charge in [0.25, 0.3) is 0 Å². The van der Waals surface area contributed by atoms with Crippen molar-refractivity contribution in [1.82, 2.24) is 4.98 Å². The number of hydrogen-bond donors (Lipinski definition) is 1. The molecular weight excluding hydrogens is 306 g/mol. The summed E-state index contributed by atoms with van der Waals surface area (Å²) in [6, 6.07) is 11.5. The minimum atomic E-state index is -0.772. The first kappa shape index (κ1) is 13.7. The van der Waals surface area contributed by atoms with Crippen molar-refractivity contribution >= 4 is 21.9 Å². The number of hydrogen-bond acceptors (Lipinski definition) is 2. The summed E-state index contributed by atoms with van der Waals surface area (Å²) in [7, 11) is 0. The molecule has 0 radical (unpaired) electrons. The summed E-state index contributed by atoms with van der Waals surface area (Å²) in [5.74, 6) is -1.20. The first-order chi connectivity index (χ1) is 9.15. The molecule has 0 saturated carbocycles. The monoisotopic (exact) mass is 319 g/mol. The van der Waals surface area contributed by atoms with Crippen LogP contribution < -0.4 is 0 Å². The fourth-order valence-electron chi connectivity index (χ4n) is 1.96. The molecule has 0 aliphatic carbocycles. The Balaban J connectivity index is 2.08. The number of nitrogens with zero attached hydrogens (tertiary/aromatic N) is 1. The van der Waals surface area contributed by atoms with E-state index in [9.17, 15) is 9.90 Å². The Morgan fingerprint density at radius 2 is 1.84 bits per heavy atom. The number of carboxylic acids is 1. The number of benzene rings is 1. The third-order valence-electron chi connectivity index (χ3n) is 2.95. The molecule has 2 rings (SSSR count). The van der Waals surface area contributed by atoms with Crippen LogP contribution in [0.25, 0.3) is 0 Å². The van der Waals surface area contributed by atoms with Gasteiger partial charge in [0.1, 0.15) is 0 Å². The molecule has 1 heterocycles. The number of rotatable bonds is 5. The molecule has 0 amide bonds. The van der Waals surface area contributed by atoms with E-state index in [1.165, 1.54) is 0 Å². The first-order valence-corrected chi connectivity index (χ1v) is 6.80. The normalized spacial score (nSPS) is 12.1. The quantitative estimate of drug-likeness (QED) is 0.919. The van der Waals surface area contributed by atoms with Crippen LogP contribution >= 0.6 is 15.9 Å². The van der Waals surface area contributed by atoms with Crippen LogP contribution in [0, 0.1) is 5.92 Å². The SMILES string of the molecule is O=C(O)C(Cc1ccc(Br)cc1)Cc1cccnc1. The van der Waals surface area contributed by atoms with E-state index < -0.39 is 11.9 Å². The van der Waals surface area contributed by atoms with Gasteiger partial charge in [-0.25, -0.2) is 0 Å². The number of aromatic nitrogens is 1. The van der Waals surface area contributed by atoms with E-state index in [2.05, 4.69) is 20.9 Å². The molecule has 0 spiro atoms. The van der Waals surface area contributed by atoms with Crippen molar-refractivity contribution in [2.45, 2.75) is 12.8 Å². The van der Waals surface area contributed by atoms with Crippen LogP contribution in [0.4, 0.5) is 0 Å². The second kappa shape index (κ2) is 6.48. The van der Waals surface area contributed by atoms with E-state index in [4.69, 9.17) is 0 Å². The Bertz CT molecular complexity index is 540. The summed E-state index contributed by atoms with van der Waals surface area (Å²) in [4.78, 5) is 15.4. The van der Waals surface area contributed by atoms with E-state index in [1.54, 1.807) is 12.4 Å². The minimum absolute atomic E-state index is 0.426. The maximum atomic E-state index is 11.3. The van der Waals surface area contributed by atoms with Crippen molar-refractivity contribution in [2.75, 3.05) is 0 Å². The zero-order valence-electron chi connectivity index (χ0n) is 10.3. The van der Waals surface area contributed by atoms with Gasteiger partial charge in [-0.15, -0.1) is 0 Å². The predicted octanol–water partition coefficient (Wildman–Crippen LogP) is 3.33. The molecule has 4 heteroatoms. The fraction of sp³-hybridized carbons (Fsp3) is 0.200. The van der Waals surface area contributed by atoms with Gasteiger partial charge in [-0.2, -0.15) is 0 Å². The summed E-state index contributed by atoms with van der Waals surface area (Å²) in [5.41, 5.74) is 1.98. The van der Waals surface area contributed by atoms with Crippen LogP contribution in [-0.4, -0.2) is 16.1 Å². The molecule has 0 aliphatic rings. The van der Waals surface area contributed by atoms with Gasteiger partial charge in [0, 0.05) is 16.9 Å². The van der Waals surface area contributed by atoms with Gasteiger partial charge in [0.15, 0.2) is 0 Å². The molecule has 1 N–H and O–H groups in total. The molecular formula is C15H14BrNO2. The van der Waals surface area contributed by atoms with Crippen molar-refractivity contribution in [3.05, 3.63) is 64.4 Å². The second-order valence-corrected chi connectivity index (χ2v) is 5.35. The predicted molar refractivity (Wildman–Crippen MR) is 76.9 cm³/mol. The average molecular weight is 320 g/mol. The molecule has 1 aromatic carbocycles. The molecule has 98 valence electrons. The molecule has 2 aromatic rings. The highest BCUT2D eigenvalue weighted by atomic mass is 79.9. The number of carbonyl (C=O) groups is 1. The van der Waals surface area contributed by atoms with Crippen LogP contribution in [0.3, 0.4) is 0 Å². The van der Waals surface area contributed by atoms with Crippen LogP contribution in [0.15, 0.2) is 53.3 Å². The highest BCUT2D eigenvalue weighted by molar-refractivity contribution is 9.10. The summed E-state index contributed by atoms with van der Waals surface area (Å²) < 4.78 is 0.996. The zero-order chi connectivity index (χ0) is 13.7. The third-order valence-corrected chi connectivity index (χ3v) is 3.48. The molecule has 1 unspecified atom stereocenters. The molecule has 19 heavy (non-hydrogen) atoms. The number of aliphatic carboxylic acids is 1. The van der Waals surface area contributed by atoms with Gasteiger partial charge in [0.2, 0.25) is 0 Å². The lowest BCUT2D eigenvalue weighted by atomic mass is 9.93. The smallest absolute Gasteiger partial charge is 0.307 e. The third kappa shape index (κ3) is 4.17. The Labute approximate surface area is 120 Å². The maximum absolute atomic E-state index is 11.3. The molecule has 1 atom stereocenters. The average Bonchev–Trinajstić information content (AvgIpc) is 2.41. The van der Waals surface area contributed by atoms with E-state index in [1.807, 2.05) is 36.4 Å². The van der Waals surface area contributed by atoms with Gasteiger partial charge in [-0.3, -0.25) is 9.78 Å². The highest BCUT2D eigenvalue weighted by Crippen LogP contribution is 2.17. The molecule has 0 aliphatic heterocycles. The summed E-state index contributed by atoms with van der Waals surface area (Å²) in [6.07, 6.45) is 4.43. The van der Waals surface area contributed by atoms with Crippen LogP contribution in [0.2, 0.25) is 0 Å². The van der Waals surface area contributed by atoms with E-state index >= 15 is 0 Å². The second-order valence-electron chi connectivity index (χ2n) is 4.43. The minimum Gasteiger partial charge on any atom is -0.481 e. The van der Waals surface area contributed by atoms with Crippen LogP contribution in [-0.2, 0) is 17.6 Å². The Morgan fingerprint density at radius 3 is 2.42 bits per heavy atom. The summed E-state index contributed by atoms with van der Waals surface area (Å²) in [6.45, 7) is 0. The van der Waals surface area contributed by atoms with Gasteiger partial charge in [-0.05, 0) is 42.2 Å². The van der Waals surface area contributed by atoms with Crippen LogP contribution in [0.5, 0.6) is 0 Å². The largest absolute Gasteiger partial charge is 0.481 e. The van der Waals surface area contributed by atoms with Crippen LogP contribution in [0.1, 0.15) is 11.1 Å². The lowest BCUT2D eigenvalue weighted by Crippen LogP contribution is -2.19. The van der Waals surface area contributed by atoms with E-state index in [0.29, 0.717) is 12.8 Å². The number of halogens is 1. The van der Waals surface area contributed by atoms with Crippen molar-refractivity contribution in [1.29, 1.82) is 0 Å². The van der Waals surface area contributed by atoms with Gasteiger partial charge in [-0.1, -0.05) is 34.1 Å². The van der Waals surface area contributed by atoms with E-state index in [-0.39, 0.29) is 0 Å². The lowest BCUT2D eigenvalue weighted by molar-refractivity contribution is -0.141. The molecule has 3 nitrogen and oxygen atoms in total. The summed E-state index contributed by atoms with van der Waals surface area (Å²) >= 11 is 3.37. The molecule has 0 saturated heterocycles. The Morgan fingerprint density at radius 1 is 1.16 bits per heavy atom.